The van der Waals surface area contributed by atoms with Crippen molar-refractivity contribution in [3.05, 3.63) is 42.1 Å². The Labute approximate surface area is 101 Å². The van der Waals surface area contributed by atoms with Crippen LogP contribution in [0.5, 0.6) is 5.88 Å². The molecule has 0 aliphatic heterocycles. The summed E-state index contributed by atoms with van der Waals surface area (Å²) in [5, 5.41) is 0. The largest absolute Gasteiger partial charge is 0.476 e. The molecule has 2 aromatic rings. The highest BCUT2D eigenvalue weighted by Gasteiger charge is 2.00. The van der Waals surface area contributed by atoms with Crippen molar-refractivity contribution >= 4 is 0 Å². The van der Waals surface area contributed by atoms with Crippen molar-refractivity contribution in [1.29, 1.82) is 0 Å². The van der Waals surface area contributed by atoms with E-state index in [2.05, 4.69) is 21.5 Å². The Bertz CT molecular complexity index is 462. The van der Waals surface area contributed by atoms with Gasteiger partial charge in [-0.3, -0.25) is 0 Å². The zero-order chi connectivity index (χ0) is 12.1. The van der Waals surface area contributed by atoms with Gasteiger partial charge < -0.3 is 9.30 Å². The lowest BCUT2D eigenvalue weighted by Crippen LogP contribution is -2.10. The van der Waals surface area contributed by atoms with Crippen LogP contribution in [0.25, 0.3) is 0 Å². The summed E-state index contributed by atoms with van der Waals surface area (Å²) >= 11 is 0. The van der Waals surface area contributed by atoms with Crippen molar-refractivity contribution < 1.29 is 4.74 Å². The maximum Gasteiger partial charge on any atom is 0.213 e. The van der Waals surface area contributed by atoms with Crippen molar-refractivity contribution in [3.63, 3.8) is 0 Å². The van der Waals surface area contributed by atoms with Crippen LogP contribution in [0.1, 0.15) is 18.3 Å². The van der Waals surface area contributed by atoms with E-state index < -0.39 is 0 Å². The number of ether oxygens (including phenoxy) is 1. The highest BCUT2D eigenvalue weighted by atomic mass is 16.5. The van der Waals surface area contributed by atoms with Gasteiger partial charge in [-0.2, -0.15) is 0 Å². The average Bonchev–Trinajstić information content (AvgIpc) is 2.79. The minimum atomic E-state index is 0.611. The first kappa shape index (κ1) is 11.6. The van der Waals surface area contributed by atoms with E-state index in [1.807, 2.05) is 37.6 Å². The zero-order valence-electron chi connectivity index (χ0n) is 10.3. The molecule has 17 heavy (non-hydrogen) atoms. The van der Waals surface area contributed by atoms with E-state index in [0.29, 0.717) is 12.5 Å². The minimum absolute atomic E-state index is 0.611. The van der Waals surface area contributed by atoms with Crippen LogP contribution in [0.4, 0.5) is 0 Å². The molecule has 0 aromatic carbocycles. The highest BCUT2D eigenvalue weighted by Crippen LogP contribution is 2.07. The molecule has 2 rings (SSSR count). The lowest BCUT2D eigenvalue weighted by Gasteiger charge is -2.08. The smallest absolute Gasteiger partial charge is 0.213 e. The van der Waals surface area contributed by atoms with Crippen LogP contribution in [0, 0.1) is 6.92 Å². The van der Waals surface area contributed by atoms with Crippen molar-refractivity contribution in [2.45, 2.75) is 26.8 Å². The van der Waals surface area contributed by atoms with Gasteiger partial charge in [-0.15, -0.1) is 0 Å². The molecule has 0 saturated heterocycles. The second-order valence-electron chi connectivity index (χ2n) is 3.91. The number of imidazole rings is 1. The summed E-state index contributed by atoms with van der Waals surface area (Å²) in [4.78, 5) is 8.46. The summed E-state index contributed by atoms with van der Waals surface area (Å²) in [7, 11) is 0. The van der Waals surface area contributed by atoms with E-state index >= 15 is 0 Å². The van der Waals surface area contributed by atoms with Gasteiger partial charge in [0.2, 0.25) is 5.88 Å². The van der Waals surface area contributed by atoms with Gasteiger partial charge in [0.15, 0.2) is 0 Å². The predicted octanol–water partition coefficient (Wildman–Crippen LogP) is 2.23. The fourth-order valence-corrected chi connectivity index (χ4v) is 1.65. The van der Waals surface area contributed by atoms with Gasteiger partial charge in [0.25, 0.3) is 0 Å². The maximum atomic E-state index is 5.57. The van der Waals surface area contributed by atoms with Crippen LogP contribution in [-0.2, 0) is 13.0 Å². The van der Waals surface area contributed by atoms with E-state index in [1.165, 1.54) is 0 Å². The molecule has 0 aliphatic rings. The van der Waals surface area contributed by atoms with Crippen LogP contribution in [-0.4, -0.2) is 21.1 Å². The number of rotatable bonds is 5. The molecule has 0 aliphatic carbocycles. The molecule has 0 fully saturated rings. The van der Waals surface area contributed by atoms with Crippen LogP contribution >= 0.6 is 0 Å². The molecule has 0 atom stereocenters. The maximum absolute atomic E-state index is 5.57. The molecule has 2 heterocycles. The van der Waals surface area contributed by atoms with E-state index in [1.54, 1.807) is 0 Å². The first-order chi connectivity index (χ1) is 8.29. The van der Waals surface area contributed by atoms with E-state index in [4.69, 9.17) is 4.74 Å². The Balaban J connectivity index is 1.85. The first-order valence-corrected chi connectivity index (χ1v) is 5.85. The molecule has 0 N–H and O–H groups in total. The van der Waals surface area contributed by atoms with Crippen LogP contribution in [0.15, 0.2) is 30.7 Å². The Morgan fingerprint density at radius 2 is 2.18 bits per heavy atom. The molecule has 2 aromatic heterocycles. The Morgan fingerprint density at radius 1 is 1.29 bits per heavy atom. The molecule has 90 valence electrons. The van der Waals surface area contributed by atoms with Gasteiger partial charge in [-0.1, -0.05) is 13.0 Å². The number of aryl methyl sites for hydroxylation is 2. The SMILES string of the molecule is CCc1nccn1CCOc1ccc(C)cn1. The number of hydrogen-bond acceptors (Lipinski definition) is 3. The Hall–Kier alpha value is -1.84. The summed E-state index contributed by atoms with van der Waals surface area (Å²) < 4.78 is 7.68. The molecule has 0 radical (unpaired) electrons. The molecule has 4 nitrogen and oxygen atoms in total. The zero-order valence-corrected chi connectivity index (χ0v) is 10.3. The molecular weight excluding hydrogens is 214 g/mol. The number of hydrogen-bond donors (Lipinski definition) is 0. The van der Waals surface area contributed by atoms with Crippen molar-refractivity contribution in [1.82, 2.24) is 14.5 Å². The summed E-state index contributed by atoms with van der Waals surface area (Å²) in [6.45, 7) is 5.52. The van der Waals surface area contributed by atoms with Gasteiger partial charge in [0.1, 0.15) is 12.4 Å². The third-order valence-corrected chi connectivity index (χ3v) is 2.58. The van der Waals surface area contributed by atoms with Gasteiger partial charge in [0, 0.05) is 31.1 Å². The monoisotopic (exact) mass is 231 g/mol. The number of pyridine rings is 1. The van der Waals surface area contributed by atoms with E-state index in [0.717, 1.165) is 24.4 Å². The molecule has 0 spiro atoms. The fourth-order valence-electron chi connectivity index (χ4n) is 1.65. The van der Waals surface area contributed by atoms with Crippen molar-refractivity contribution in [2.75, 3.05) is 6.61 Å². The fraction of sp³-hybridized carbons (Fsp3) is 0.385. The highest BCUT2D eigenvalue weighted by molar-refractivity contribution is 5.16. The molecular formula is C13H17N3O. The summed E-state index contributed by atoms with van der Waals surface area (Å²) in [6, 6.07) is 3.89. The van der Waals surface area contributed by atoms with Crippen molar-refractivity contribution in [2.24, 2.45) is 0 Å². The normalized spacial score (nSPS) is 10.5. The molecule has 0 amide bonds. The topological polar surface area (TPSA) is 39.9 Å². The van der Waals surface area contributed by atoms with Crippen LogP contribution < -0.4 is 4.74 Å². The van der Waals surface area contributed by atoms with Crippen LogP contribution in [0.2, 0.25) is 0 Å². The number of nitrogens with zero attached hydrogens (tertiary/aromatic N) is 3. The summed E-state index contributed by atoms with van der Waals surface area (Å²) in [5.74, 6) is 1.76. The lowest BCUT2D eigenvalue weighted by molar-refractivity contribution is 0.285. The average molecular weight is 231 g/mol. The van der Waals surface area contributed by atoms with Gasteiger partial charge in [-0.25, -0.2) is 9.97 Å². The second kappa shape index (κ2) is 5.48. The van der Waals surface area contributed by atoms with E-state index in [9.17, 15) is 0 Å². The Morgan fingerprint density at radius 3 is 2.88 bits per heavy atom. The molecule has 0 bridgehead atoms. The van der Waals surface area contributed by atoms with Crippen molar-refractivity contribution in [3.8, 4) is 5.88 Å². The van der Waals surface area contributed by atoms with Gasteiger partial charge >= 0.3 is 0 Å². The van der Waals surface area contributed by atoms with Gasteiger partial charge in [0.05, 0.1) is 6.54 Å². The third-order valence-electron chi connectivity index (χ3n) is 2.58. The quantitative estimate of drug-likeness (QED) is 0.792. The van der Waals surface area contributed by atoms with E-state index in [-0.39, 0.29) is 0 Å². The third kappa shape index (κ3) is 3.06. The number of aromatic nitrogens is 3. The molecule has 0 saturated carbocycles. The van der Waals surface area contributed by atoms with Gasteiger partial charge in [-0.05, 0) is 12.5 Å². The second-order valence-corrected chi connectivity index (χ2v) is 3.91. The molecule has 0 unspecified atom stereocenters. The predicted molar refractivity (Wildman–Crippen MR) is 66.1 cm³/mol. The summed E-state index contributed by atoms with van der Waals surface area (Å²) in [6.07, 6.45) is 6.55. The van der Waals surface area contributed by atoms with Crippen LogP contribution in [0.3, 0.4) is 0 Å². The summed E-state index contributed by atoms with van der Waals surface area (Å²) in [5.41, 5.74) is 1.14. The minimum Gasteiger partial charge on any atom is -0.476 e. The first-order valence-electron chi connectivity index (χ1n) is 5.85. The lowest BCUT2D eigenvalue weighted by atomic mass is 10.3. The molecule has 4 heteroatoms. The standard InChI is InChI=1S/C13H17N3O/c1-3-12-14-6-7-16(12)8-9-17-13-5-4-11(2)10-15-13/h4-7,10H,3,8-9H2,1-2H3. The Kier molecular flexibility index (Phi) is 3.75.